The normalized spacial score (nSPS) is 15.8. The zero-order valence-electron chi connectivity index (χ0n) is 10.7. The Kier molecular flexibility index (Phi) is 3.69. The van der Waals surface area contributed by atoms with E-state index in [1.54, 1.807) is 11.0 Å². The zero-order valence-corrected chi connectivity index (χ0v) is 11.5. The van der Waals surface area contributed by atoms with Gasteiger partial charge < -0.3 is 5.32 Å². The van der Waals surface area contributed by atoms with Gasteiger partial charge in [-0.05, 0) is 30.9 Å². The third-order valence-corrected chi connectivity index (χ3v) is 4.00. The number of para-hydroxylation sites is 1. The predicted molar refractivity (Wildman–Crippen MR) is 76.8 cm³/mol. The van der Waals surface area contributed by atoms with Gasteiger partial charge in [-0.2, -0.15) is 5.10 Å². The molecule has 0 saturated heterocycles. The Balaban J connectivity index is 1.82. The first kappa shape index (κ1) is 12.5. The molecule has 1 aliphatic rings. The lowest BCUT2D eigenvalue weighted by Gasteiger charge is -2.16. The van der Waals surface area contributed by atoms with Crippen molar-refractivity contribution in [2.45, 2.75) is 25.7 Å². The summed E-state index contributed by atoms with van der Waals surface area (Å²) in [5.41, 5.74) is 1.89. The van der Waals surface area contributed by atoms with E-state index in [9.17, 15) is 0 Å². The molecule has 1 aromatic carbocycles. The molecule has 19 heavy (non-hydrogen) atoms. The summed E-state index contributed by atoms with van der Waals surface area (Å²) in [4.78, 5) is 3.98. The maximum Gasteiger partial charge on any atom is 0.138 e. The van der Waals surface area contributed by atoms with E-state index in [-0.39, 0.29) is 0 Å². The minimum absolute atomic E-state index is 0.682. The van der Waals surface area contributed by atoms with Gasteiger partial charge in [0.15, 0.2) is 0 Å². The van der Waals surface area contributed by atoms with Crippen LogP contribution in [0, 0.1) is 5.92 Å². The highest BCUT2D eigenvalue weighted by Gasteiger charge is 2.16. The molecule has 100 valence electrons. The van der Waals surface area contributed by atoms with E-state index < -0.39 is 0 Å². The fraction of sp³-hybridized carbons (Fsp3) is 0.429. The van der Waals surface area contributed by atoms with Gasteiger partial charge in [0, 0.05) is 6.54 Å². The molecule has 1 saturated carbocycles. The number of halogens is 1. The summed E-state index contributed by atoms with van der Waals surface area (Å²) >= 11 is 6.29. The van der Waals surface area contributed by atoms with Crippen molar-refractivity contribution in [3.63, 3.8) is 0 Å². The molecule has 4 nitrogen and oxygen atoms in total. The van der Waals surface area contributed by atoms with Crippen LogP contribution in [-0.4, -0.2) is 21.3 Å². The summed E-state index contributed by atoms with van der Waals surface area (Å²) in [6.45, 7) is 1.00. The van der Waals surface area contributed by atoms with Gasteiger partial charge in [-0.25, -0.2) is 9.67 Å². The second-order valence-electron chi connectivity index (χ2n) is 5.01. The first-order valence-electron chi connectivity index (χ1n) is 6.72. The van der Waals surface area contributed by atoms with Crippen LogP contribution in [0.3, 0.4) is 0 Å². The molecule has 0 unspecified atom stereocenters. The summed E-state index contributed by atoms with van der Waals surface area (Å²) in [6.07, 6.45) is 8.56. The van der Waals surface area contributed by atoms with Gasteiger partial charge in [-0.15, -0.1) is 0 Å². The highest BCUT2D eigenvalue weighted by Crippen LogP contribution is 2.30. The van der Waals surface area contributed by atoms with Gasteiger partial charge in [0.1, 0.15) is 18.3 Å². The van der Waals surface area contributed by atoms with Crippen molar-refractivity contribution >= 4 is 17.3 Å². The van der Waals surface area contributed by atoms with Crippen molar-refractivity contribution in [3.8, 4) is 5.69 Å². The number of benzene rings is 1. The van der Waals surface area contributed by atoms with Crippen LogP contribution < -0.4 is 5.32 Å². The maximum atomic E-state index is 6.29. The van der Waals surface area contributed by atoms with Crippen LogP contribution in [0.1, 0.15) is 25.7 Å². The molecule has 5 heteroatoms. The second kappa shape index (κ2) is 5.61. The van der Waals surface area contributed by atoms with Crippen LogP contribution in [0.5, 0.6) is 0 Å². The average Bonchev–Trinajstić information content (AvgIpc) is 3.09. The lowest BCUT2D eigenvalue weighted by atomic mass is 10.1. The fourth-order valence-electron chi connectivity index (χ4n) is 2.68. The fourth-order valence-corrected chi connectivity index (χ4v) is 2.94. The lowest BCUT2D eigenvalue weighted by molar-refractivity contribution is 0.579. The zero-order chi connectivity index (χ0) is 13.1. The standard InChI is InChI=1S/C14H17ClN4/c15-12-6-3-7-13(14(12)19-10-16-9-18-19)17-8-11-4-1-2-5-11/h3,6-7,9-11,17H,1-2,4-5,8H2. The van der Waals surface area contributed by atoms with E-state index >= 15 is 0 Å². The third-order valence-electron chi connectivity index (χ3n) is 3.69. The molecule has 0 aliphatic heterocycles. The van der Waals surface area contributed by atoms with Gasteiger partial charge >= 0.3 is 0 Å². The SMILES string of the molecule is Clc1cccc(NCC2CCCC2)c1-n1cncn1. The van der Waals surface area contributed by atoms with Crippen molar-refractivity contribution in [3.05, 3.63) is 35.9 Å². The van der Waals surface area contributed by atoms with E-state index in [1.165, 1.54) is 32.0 Å². The Morgan fingerprint density at radius 2 is 2.16 bits per heavy atom. The van der Waals surface area contributed by atoms with E-state index in [0.29, 0.717) is 5.02 Å². The summed E-state index contributed by atoms with van der Waals surface area (Å²) in [7, 11) is 0. The number of rotatable bonds is 4. The molecule has 1 heterocycles. The minimum Gasteiger partial charge on any atom is -0.383 e. The van der Waals surface area contributed by atoms with Crippen molar-refractivity contribution in [1.29, 1.82) is 0 Å². The number of anilines is 1. The molecule has 1 aromatic heterocycles. The number of hydrogen-bond acceptors (Lipinski definition) is 3. The molecule has 1 fully saturated rings. The first-order valence-corrected chi connectivity index (χ1v) is 7.10. The molecule has 3 rings (SSSR count). The molecule has 1 N–H and O–H groups in total. The second-order valence-corrected chi connectivity index (χ2v) is 5.41. The van der Waals surface area contributed by atoms with Crippen LogP contribution in [0.25, 0.3) is 5.69 Å². The summed E-state index contributed by atoms with van der Waals surface area (Å²) in [5.74, 6) is 0.780. The summed E-state index contributed by atoms with van der Waals surface area (Å²) in [6, 6.07) is 5.87. The van der Waals surface area contributed by atoms with Crippen LogP contribution in [-0.2, 0) is 0 Å². The number of hydrogen-bond donors (Lipinski definition) is 1. The Bertz CT molecular complexity index is 532. The molecule has 1 aliphatic carbocycles. The smallest absolute Gasteiger partial charge is 0.138 e. The van der Waals surface area contributed by atoms with Crippen LogP contribution >= 0.6 is 11.6 Å². The Labute approximate surface area is 117 Å². The van der Waals surface area contributed by atoms with Crippen molar-refractivity contribution in [2.24, 2.45) is 5.92 Å². The summed E-state index contributed by atoms with van der Waals surface area (Å²) in [5, 5.41) is 8.36. The predicted octanol–water partition coefficient (Wildman–Crippen LogP) is 3.52. The monoisotopic (exact) mass is 276 g/mol. The molecule has 0 bridgehead atoms. The minimum atomic E-state index is 0.682. The van der Waals surface area contributed by atoms with Gasteiger partial charge in [0.25, 0.3) is 0 Å². The number of aromatic nitrogens is 3. The van der Waals surface area contributed by atoms with E-state index in [1.807, 2.05) is 18.2 Å². The van der Waals surface area contributed by atoms with Crippen molar-refractivity contribution < 1.29 is 0 Å². The Morgan fingerprint density at radius 1 is 1.32 bits per heavy atom. The van der Waals surface area contributed by atoms with Gasteiger partial charge in [0.05, 0.1) is 10.7 Å². The van der Waals surface area contributed by atoms with E-state index in [0.717, 1.165) is 23.8 Å². The van der Waals surface area contributed by atoms with Crippen molar-refractivity contribution in [2.75, 3.05) is 11.9 Å². The van der Waals surface area contributed by atoms with Crippen LogP contribution in [0.4, 0.5) is 5.69 Å². The molecule has 0 amide bonds. The highest BCUT2D eigenvalue weighted by atomic mass is 35.5. The Morgan fingerprint density at radius 3 is 2.89 bits per heavy atom. The first-order chi connectivity index (χ1) is 9.34. The molecule has 0 spiro atoms. The molecular formula is C14H17ClN4. The molecule has 2 aromatic rings. The van der Waals surface area contributed by atoms with Gasteiger partial charge in [0.2, 0.25) is 0 Å². The van der Waals surface area contributed by atoms with Gasteiger partial charge in [-0.1, -0.05) is 30.5 Å². The molecule has 0 atom stereocenters. The number of nitrogens with one attached hydrogen (secondary N) is 1. The van der Waals surface area contributed by atoms with E-state index in [2.05, 4.69) is 15.4 Å². The topological polar surface area (TPSA) is 42.7 Å². The molecular weight excluding hydrogens is 260 g/mol. The lowest BCUT2D eigenvalue weighted by Crippen LogP contribution is -2.13. The van der Waals surface area contributed by atoms with Crippen molar-refractivity contribution in [1.82, 2.24) is 14.8 Å². The number of nitrogens with zero attached hydrogens (tertiary/aromatic N) is 3. The Hall–Kier alpha value is -1.55. The maximum absolute atomic E-state index is 6.29. The van der Waals surface area contributed by atoms with E-state index in [4.69, 9.17) is 11.6 Å². The molecule has 0 radical (unpaired) electrons. The largest absolute Gasteiger partial charge is 0.383 e. The highest BCUT2D eigenvalue weighted by molar-refractivity contribution is 6.33. The average molecular weight is 277 g/mol. The van der Waals surface area contributed by atoms with Gasteiger partial charge in [-0.3, -0.25) is 0 Å². The van der Waals surface area contributed by atoms with Crippen LogP contribution in [0.15, 0.2) is 30.9 Å². The third kappa shape index (κ3) is 2.73. The summed E-state index contributed by atoms with van der Waals surface area (Å²) < 4.78 is 1.71. The van der Waals surface area contributed by atoms with Crippen LogP contribution in [0.2, 0.25) is 5.02 Å². The quantitative estimate of drug-likeness (QED) is 0.929.